The lowest BCUT2D eigenvalue weighted by atomic mass is 10.2. The number of pyridine rings is 1. The van der Waals surface area contributed by atoms with Gasteiger partial charge in [0.15, 0.2) is 0 Å². The highest BCUT2D eigenvalue weighted by molar-refractivity contribution is 8.00. The lowest BCUT2D eigenvalue weighted by Gasteiger charge is -2.17. The van der Waals surface area contributed by atoms with Crippen molar-refractivity contribution in [1.82, 2.24) is 4.57 Å². The predicted octanol–water partition coefficient (Wildman–Crippen LogP) is 2.07. The first-order chi connectivity index (χ1) is 9.65. The van der Waals surface area contributed by atoms with E-state index < -0.39 is 16.5 Å². The lowest BCUT2D eigenvalue weighted by molar-refractivity contribution is -0.385. The van der Waals surface area contributed by atoms with Gasteiger partial charge in [-0.15, -0.1) is 0 Å². The van der Waals surface area contributed by atoms with E-state index in [1.54, 1.807) is 11.8 Å². The summed E-state index contributed by atoms with van der Waals surface area (Å²) in [6, 6.07) is 0.946. The summed E-state index contributed by atoms with van der Waals surface area (Å²) >= 11 is 1.63. The number of ether oxygens (including phenoxy) is 1. The molecular weight excluding hydrogens is 296 g/mol. The average molecular weight is 314 g/mol. The van der Waals surface area contributed by atoms with Gasteiger partial charge in [0.05, 0.1) is 18.2 Å². The van der Waals surface area contributed by atoms with Crippen LogP contribution in [0.4, 0.5) is 5.69 Å². The van der Waals surface area contributed by atoms with Crippen molar-refractivity contribution in [2.45, 2.75) is 32.1 Å². The second-order valence-electron chi connectivity index (χ2n) is 5.32. The Bertz CT molecular complexity index is 604. The topological polar surface area (TPSA) is 91.4 Å². The first-order valence-corrected chi connectivity index (χ1v) is 7.25. The van der Waals surface area contributed by atoms with E-state index >= 15 is 0 Å². The van der Waals surface area contributed by atoms with E-state index in [9.17, 15) is 19.7 Å². The molecule has 0 unspecified atom stereocenters. The molecule has 0 N–H and O–H groups in total. The van der Waals surface area contributed by atoms with Gasteiger partial charge in [0.2, 0.25) is 0 Å². The first-order valence-electron chi connectivity index (χ1n) is 6.27. The highest BCUT2D eigenvalue weighted by Gasteiger charge is 2.20. The van der Waals surface area contributed by atoms with Gasteiger partial charge >= 0.3 is 5.97 Å². The predicted molar refractivity (Wildman–Crippen MR) is 80.9 cm³/mol. The number of nitro groups is 1. The highest BCUT2D eigenvalue weighted by atomic mass is 32.2. The number of aryl methyl sites for hydroxylation is 1. The van der Waals surface area contributed by atoms with Crippen LogP contribution in [0.1, 0.15) is 31.1 Å². The maximum Gasteiger partial charge on any atom is 0.343 e. The molecule has 0 aliphatic heterocycles. The number of esters is 1. The Morgan fingerprint density at radius 3 is 2.57 bits per heavy atom. The smallest absolute Gasteiger partial charge is 0.343 e. The number of aromatic nitrogens is 1. The normalized spacial score (nSPS) is 11.2. The molecule has 7 nitrogen and oxygen atoms in total. The Kier molecular flexibility index (Phi) is 5.54. The van der Waals surface area contributed by atoms with Gasteiger partial charge in [0.1, 0.15) is 5.56 Å². The van der Waals surface area contributed by atoms with Crippen molar-refractivity contribution in [3.05, 3.63) is 38.3 Å². The van der Waals surface area contributed by atoms with Gasteiger partial charge < -0.3 is 9.30 Å². The molecule has 0 radical (unpaired) electrons. The van der Waals surface area contributed by atoms with Crippen molar-refractivity contribution in [3.63, 3.8) is 0 Å². The molecule has 0 aromatic carbocycles. The number of methoxy groups -OCH3 is 1. The molecule has 1 heterocycles. The van der Waals surface area contributed by atoms with Gasteiger partial charge in [0.25, 0.3) is 11.2 Å². The number of hydrogen-bond acceptors (Lipinski definition) is 6. The summed E-state index contributed by atoms with van der Waals surface area (Å²) < 4.78 is 5.69. The van der Waals surface area contributed by atoms with Gasteiger partial charge in [-0.2, -0.15) is 11.8 Å². The minimum Gasteiger partial charge on any atom is -0.465 e. The molecule has 1 aromatic rings. The molecule has 116 valence electrons. The van der Waals surface area contributed by atoms with Gasteiger partial charge in [-0.3, -0.25) is 14.9 Å². The van der Waals surface area contributed by atoms with Crippen LogP contribution in [0.25, 0.3) is 0 Å². The van der Waals surface area contributed by atoms with Crippen LogP contribution in [0.2, 0.25) is 0 Å². The fraction of sp³-hybridized carbons (Fsp3) is 0.538. The summed E-state index contributed by atoms with van der Waals surface area (Å²) in [7, 11) is 1.13. The number of rotatable bonds is 5. The monoisotopic (exact) mass is 314 g/mol. The van der Waals surface area contributed by atoms with E-state index in [0.717, 1.165) is 19.4 Å². The number of carbonyl (C=O) groups excluding carboxylic acids is 1. The van der Waals surface area contributed by atoms with Crippen molar-refractivity contribution in [2.24, 2.45) is 0 Å². The van der Waals surface area contributed by atoms with E-state index in [2.05, 4.69) is 4.74 Å². The fourth-order valence-corrected chi connectivity index (χ4v) is 2.49. The first kappa shape index (κ1) is 17.2. The molecule has 0 saturated heterocycles. The van der Waals surface area contributed by atoms with Crippen LogP contribution < -0.4 is 5.56 Å². The quantitative estimate of drug-likeness (QED) is 0.469. The number of carbonyl (C=O) groups is 1. The largest absolute Gasteiger partial charge is 0.465 e. The summed E-state index contributed by atoms with van der Waals surface area (Å²) in [6.07, 6.45) is 1.15. The van der Waals surface area contributed by atoms with E-state index in [4.69, 9.17) is 0 Å². The third kappa shape index (κ3) is 4.89. The molecule has 8 heteroatoms. The zero-order chi connectivity index (χ0) is 16.2. The van der Waals surface area contributed by atoms with Crippen LogP contribution >= 0.6 is 11.8 Å². The van der Waals surface area contributed by atoms with Gasteiger partial charge in [-0.05, 0) is 0 Å². The van der Waals surface area contributed by atoms with Crippen LogP contribution in [0, 0.1) is 10.1 Å². The Hall–Kier alpha value is -1.83. The molecule has 0 aliphatic carbocycles. The van der Waals surface area contributed by atoms with Gasteiger partial charge in [-0.1, -0.05) is 20.8 Å². The third-order valence-electron chi connectivity index (χ3n) is 2.55. The zero-order valence-electron chi connectivity index (χ0n) is 12.4. The molecular formula is C13H18N2O5S. The third-order valence-corrected chi connectivity index (χ3v) is 3.81. The van der Waals surface area contributed by atoms with Crippen molar-refractivity contribution in [3.8, 4) is 0 Å². The lowest BCUT2D eigenvalue weighted by Crippen LogP contribution is -2.28. The number of thioether (sulfide) groups is 1. The maximum atomic E-state index is 12.1. The van der Waals surface area contributed by atoms with Crippen molar-refractivity contribution < 1.29 is 14.5 Å². The Balaban J connectivity index is 3.13. The maximum absolute atomic E-state index is 12.1. The molecule has 21 heavy (non-hydrogen) atoms. The minimum atomic E-state index is -0.874. The van der Waals surface area contributed by atoms with Crippen LogP contribution in [0.15, 0.2) is 17.1 Å². The number of hydrogen-bond donors (Lipinski definition) is 0. The van der Waals surface area contributed by atoms with E-state index in [1.165, 1.54) is 4.57 Å². The van der Waals surface area contributed by atoms with Gasteiger partial charge in [-0.25, -0.2) is 4.79 Å². The molecule has 1 rings (SSSR count). The Labute approximate surface area is 126 Å². The molecule has 0 bridgehead atoms. The summed E-state index contributed by atoms with van der Waals surface area (Å²) in [4.78, 5) is 33.9. The molecule has 0 atom stereocenters. The summed E-state index contributed by atoms with van der Waals surface area (Å²) in [5.74, 6) is -0.272. The number of nitrogens with zero attached hydrogens (tertiary/aromatic N) is 2. The van der Waals surface area contributed by atoms with Crippen molar-refractivity contribution in [1.29, 1.82) is 0 Å². The van der Waals surface area contributed by atoms with Crippen LogP contribution in [-0.4, -0.2) is 33.1 Å². The van der Waals surface area contributed by atoms with Crippen LogP contribution in [-0.2, 0) is 11.3 Å². The van der Waals surface area contributed by atoms with Gasteiger partial charge in [0, 0.05) is 23.1 Å². The Morgan fingerprint density at radius 2 is 2.10 bits per heavy atom. The van der Waals surface area contributed by atoms with E-state index in [0.29, 0.717) is 5.75 Å². The molecule has 0 saturated carbocycles. The standard InChI is InChI=1S/C13H18N2O5S/c1-13(2,3)21-6-5-14-8-9(15(18)19)7-10(11(14)16)12(17)20-4/h7-8H,5-6H2,1-4H3. The van der Waals surface area contributed by atoms with Crippen LogP contribution in [0.3, 0.4) is 0 Å². The van der Waals surface area contributed by atoms with Crippen LogP contribution in [0.5, 0.6) is 0 Å². The molecule has 0 aliphatic rings. The zero-order valence-corrected chi connectivity index (χ0v) is 13.2. The SMILES string of the molecule is COC(=O)c1cc([N+](=O)[O-])cn(CCSC(C)(C)C)c1=O. The second-order valence-corrected chi connectivity index (χ2v) is 7.24. The fourth-order valence-electron chi connectivity index (χ4n) is 1.59. The second kappa shape index (κ2) is 6.75. The van der Waals surface area contributed by atoms with E-state index in [-0.39, 0.29) is 22.5 Å². The summed E-state index contributed by atoms with van der Waals surface area (Å²) in [6.45, 7) is 6.39. The van der Waals surface area contributed by atoms with E-state index in [1.807, 2.05) is 20.8 Å². The molecule has 1 aromatic heterocycles. The molecule has 0 amide bonds. The average Bonchev–Trinajstić information content (AvgIpc) is 2.38. The Morgan fingerprint density at radius 1 is 1.48 bits per heavy atom. The molecule has 0 spiro atoms. The molecule has 0 fully saturated rings. The summed E-state index contributed by atoms with van der Waals surface area (Å²) in [5, 5.41) is 10.9. The van der Waals surface area contributed by atoms with Crippen molar-refractivity contribution in [2.75, 3.05) is 12.9 Å². The van der Waals surface area contributed by atoms with Crippen molar-refractivity contribution >= 4 is 23.4 Å². The minimum absolute atomic E-state index is 0.0233. The highest BCUT2D eigenvalue weighted by Crippen LogP contribution is 2.23. The summed E-state index contributed by atoms with van der Waals surface area (Å²) in [5.41, 5.74) is -1.22.